The monoisotopic (exact) mass is 196 g/mol. The van der Waals surface area contributed by atoms with Crippen LogP contribution in [0.2, 0.25) is 0 Å². The molecule has 1 aromatic heterocycles. The molecule has 0 spiro atoms. The highest BCUT2D eigenvalue weighted by molar-refractivity contribution is 5.92. The largest absolute Gasteiger partial charge is 0.391 e. The Labute approximate surface area is 83.5 Å². The average molecular weight is 196 g/mol. The Bertz CT molecular complexity index is 307. The van der Waals surface area contributed by atoms with Crippen molar-refractivity contribution in [2.75, 3.05) is 6.54 Å². The molecule has 0 fully saturated rings. The van der Waals surface area contributed by atoms with Crippen LogP contribution in [0.25, 0.3) is 0 Å². The van der Waals surface area contributed by atoms with Gasteiger partial charge in [-0.25, -0.2) is 0 Å². The lowest BCUT2D eigenvalue weighted by atomic mass is 10.3. The SMILES string of the molecule is CC[C@H](O)CNC(=O)c1cccn1C. The van der Waals surface area contributed by atoms with Gasteiger partial charge < -0.3 is 15.0 Å². The summed E-state index contributed by atoms with van der Waals surface area (Å²) in [7, 11) is 1.81. The number of carbonyl (C=O) groups excluding carboxylic acids is 1. The van der Waals surface area contributed by atoms with E-state index in [2.05, 4.69) is 5.32 Å². The van der Waals surface area contributed by atoms with E-state index in [0.717, 1.165) is 0 Å². The van der Waals surface area contributed by atoms with Crippen LogP contribution in [0, 0.1) is 0 Å². The van der Waals surface area contributed by atoms with Gasteiger partial charge in [-0.05, 0) is 18.6 Å². The lowest BCUT2D eigenvalue weighted by Crippen LogP contribution is -2.32. The van der Waals surface area contributed by atoms with Crippen molar-refractivity contribution in [3.8, 4) is 0 Å². The summed E-state index contributed by atoms with van der Waals surface area (Å²) in [6.07, 6.45) is 2.00. The van der Waals surface area contributed by atoms with Gasteiger partial charge in [0.1, 0.15) is 5.69 Å². The minimum absolute atomic E-state index is 0.148. The summed E-state index contributed by atoms with van der Waals surface area (Å²) in [4.78, 5) is 11.5. The number of aliphatic hydroxyl groups excluding tert-OH is 1. The predicted molar refractivity (Wildman–Crippen MR) is 54.0 cm³/mol. The second kappa shape index (κ2) is 4.81. The molecule has 4 nitrogen and oxygen atoms in total. The van der Waals surface area contributed by atoms with Crippen LogP contribution in [0.15, 0.2) is 18.3 Å². The van der Waals surface area contributed by atoms with Crippen LogP contribution >= 0.6 is 0 Å². The predicted octanol–water partition coefficient (Wildman–Crippen LogP) is 0.526. The van der Waals surface area contributed by atoms with Gasteiger partial charge in [-0.2, -0.15) is 0 Å². The summed E-state index contributed by atoms with van der Waals surface area (Å²) >= 11 is 0. The van der Waals surface area contributed by atoms with Gasteiger partial charge in [0.2, 0.25) is 0 Å². The number of aliphatic hydroxyl groups is 1. The summed E-state index contributed by atoms with van der Waals surface area (Å²) in [6.45, 7) is 2.18. The normalized spacial score (nSPS) is 12.5. The quantitative estimate of drug-likeness (QED) is 0.738. The molecule has 0 bridgehead atoms. The summed E-state index contributed by atoms with van der Waals surface area (Å²) < 4.78 is 1.74. The summed E-state index contributed by atoms with van der Waals surface area (Å²) in [5.41, 5.74) is 0.605. The van der Waals surface area contributed by atoms with Gasteiger partial charge in [-0.1, -0.05) is 6.92 Å². The molecule has 1 atom stereocenters. The molecule has 0 saturated carbocycles. The first-order chi connectivity index (χ1) is 6.65. The van der Waals surface area contributed by atoms with Crippen molar-refractivity contribution >= 4 is 5.91 Å². The second-order valence-electron chi connectivity index (χ2n) is 3.28. The first-order valence-corrected chi connectivity index (χ1v) is 4.72. The van der Waals surface area contributed by atoms with Crippen molar-refractivity contribution in [2.45, 2.75) is 19.4 Å². The van der Waals surface area contributed by atoms with Crippen molar-refractivity contribution in [1.82, 2.24) is 9.88 Å². The zero-order valence-electron chi connectivity index (χ0n) is 8.53. The Kier molecular flexibility index (Phi) is 3.71. The van der Waals surface area contributed by atoms with E-state index in [1.165, 1.54) is 0 Å². The number of carbonyl (C=O) groups is 1. The molecule has 1 aromatic rings. The number of aryl methyl sites for hydroxylation is 1. The maximum Gasteiger partial charge on any atom is 0.267 e. The Morgan fingerprint density at radius 1 is 1.71 bits per heavy atom. The van der Waals surface area contributed by atoms with Crippen molar-refractivity contribution in [1.29, 1.82) is 0 Å². The standard InChI is InChI=1S/C10H16N2O2/c1-3-8(13)7-11-10(14)9-5-4-6-12(9)2/h4-6,8,13H,3,7H2,1-2H3,(H,11,14)/t8-/m0/s1. The molecule has 14 heavy (non-hydrogen) atoms. The molecule has 1 amide bonds. The van der Waals surface area contributed by atoms with E-state index in [-0.39, 0.29) is 5.91 Å². The van der Waals surface area contributed by atoms with Gasteiger partial charge in [-0.15, -0.1) is 0 Å². The zero-order valence-corrected chi connectivity index (χ0v) is 8.53. The zero-order chi connectivity index (χ0) is 10.6. The van der Waals surface area contributed by atoms with Gasteiger partial charge in [0, 0.05) is 19.8 Å². The van der Waals surface area contributed by atoms with Crippen LogP contribution in [-0.4, -0.2) is 28.2 Å². The molecule has 0 unspecified atom stereocenters. The Balaban J connectivity index is 2.47. The molecule has 4 heteroatoms. The molecular weight excluding hydrogens is 180 g/mol. The first kappa shape index (κ1) is 10.8. The number of hydrogen-bond donors (Lipinski definition) is 2. The van der Waals surface area contributed by atoms with Crippen molar-refractivity contribution < 1.29 is 9.90 Å². The number of rotatable bonds is 4. The number of nitrogens with one attached hydrogen (secondary N) is 1. The summed E-state index contributed by atoms with van der Waals surface area (Å²) in [5, 5.41) is 11.9. The molecule has 0 aromatic carbocycles. The molecular formula is C10H16N2O2. The minimum Gasteiger partial charge on any atom is -0.391 e. The van der Waals surface area contributed by atoms with E-state index in [9.17, 15) is 9.90 Å². The number of aromatic nitrogens is 1. The molecule has 0 radical (unpaired) electrons. The van der Waals surface area contributed by atoms with Gasteiger partial charge in [0.05, 0.1) is 6.10 Å². The van der Waals surface area contributed by atoms with Crippen LogP contribution in [0.4, 0.5) is 0 Å². The summed E-state index contributed by atoms with van der Waals surface area (Å²) in [6, 6.07) is 3.55. The van der Waals surface area contributed by atoms with Gasteiger partial charge >= 0.3 is 0 Å². The highest BCUT2D eigenvalue weighted by atomic mass is 16.3. The van der Waals surface area contributed by atoms with E-state index < -0.39 is 6.10 Å². The third-order valence-electron chi connectivity index (χ3n) is 2.15. The Morgan fingerprint density at radius 2 is 2.43 bits per heavy atom. The fourth-order valence-corrected chi connectivity index (χ4v) is 1.14. The van der Waals surface area contributed by atoms with E-state index >= 15 is 0 Å². The molecule has 2 N–H and O–H groups in total. The lowest BCUT2D eigenvalue weighted by Gasteiger charge is -2.09. The van der Waals surface area contributed by atoms with Crippen molar-refractivity contribution in [3.05, 3.63) is 24.0 Å². The van der Waals surface area contributed by atoms with Crippen LogP contribution in [-0.2, 0) is 7.05 Å². The average Bonchev–Trinajstić information content (AvgIpc) is 2.60. The van der Waals surface area contributed by atoms with Crippen LogP contribution in [0.3, 0.4) is 0 Å². The van der Waals surface area contributed by atoms with Gasteiger partial charge in [-0.3, -0.25) is 4.79 Å². The highest BCUT2D eigenvalue weighted by Gasteiger charge is 2.09. The molecule has 1 rings (SSSR count). The highest BCUT2D eigenvalue weighted by Crippen LogP contribution is 1.99. The fraction of sp³-hybridized carbons (Fsp3) is 0.500. The smallest absolute Gasteiger partial charge is 0.267 e. The maximum absolute atomic E-state index is 11.5. The van der Waals surface area contributed by atoms with E-state index in [1.807, 2.05) is 26.2 Å². The van der Waals surface area contributed by atoms with E-state index in [0.29, 0.717) is 18.7 Å². The molecule has 0 aliphatic carbocycles. The minimum atomic E-state index is -0.459. The van der Waals surface area contributed by atoms with Gasteiger partial charge in [0.15, 0.2) is 0 Å². The number of amides is 1. The van der Waals surface area contributed by atoms with Crippen molar-refractivity contribution in [3.63, 3.8) is 0 Å². The lowest BCUT2D eigenvalue weighted by molar-refractivity contribution is 0.0906. The van der Waals surface area contributed by atoms with Crippen LogP contribution < -0.4 is 5.32 Å². The number of nitrogens with zero attached hydrogens (tertiary/aromatic N) is 1. The Hall–Kier alpha value is -1.29. The van der Waals surface area contributed by atoms with Gasteiger partial charge in [0.25, 0.3) is 5.91 Å². The Morgan fingerprint density at radius 3 is 2.93 bits per heavy atom. The molecule has 0 saturated heterocycles. The third-order valence-corrected chi connectivity index (χ3v) is 2.15. The van der Waals surface area contributed by atoms with E-state index in [1.54, 1.807) is 10.6 Å². The molecule has 1 heterocycles. The topological polar surface area (TPSA) is 54.3 Å². The summed E-state index contributed by atoms with van der Waals surface area (Å²) in [5.74, 6) is -0.148. The third kappa shape index (κ3) is 2.60. The first-order valence-electron chi connectivity index (χ1n) is 4.72. The van der Waals surface area contributed by atoms with Crippen LogP contribution in [0.1, 0.15) is 23.8 Å². The molecule has 0 aliphatic heterocycles. The molecule has 0 aliphatic rings. The number of hydrogen-bond acceptors (Lipinski definition) is 2. The molecule has 78 valence electrons. The van der Waals surface area contributed by atoms with E-state index in [4.69, 9.17) is 0 Å². The maximum atomic E-state index is 11.5. The second-order valence-corrected chi connectivity index (χ2v) is 3.28. The van der Waals surface area contributed by atoms with Crippen LogP contribution in [0.5, 0.6) is 0 Å². The fourth-order valence-electron chi connectivity index (χ4n) is 1.14. The van der Waals surface area contributed by atoms with Crippen molar-refractivity contribution in [2.24, 2.45) is 7.05 Å².